The number of aryl methyl sites for hydroxylation is 1. The number of thioether (sulfide) groups is 1. The van der Waals surface area contributed by atoms with Crippen LogP contribution in [-0.4, -0.2) is 12.5 Å². The number of carbonyl (C=O) groups is 1. The van der Waals surface area contributed by atoms with Crippen LogP contribution in [0.2, 0.25) is 0 Å². The van der Waals surface area contributed by atoms with Gasteiger partial charge in [-0.25, -0.2) is 0 Å². The quantitative estimate of drug-likeness (QED) is 0.514. The molecule has 0 heterocycles. The first-order valence-corrected chi connectivity index (χ1v) is 5.02. The van der Waals surface area contributed by atoms with Crippen LogP contribution in [0.25, 0.3) is 0 Å². The second kappa shape index (κ2) is 3.76. The van der Waals surface area contributed by atoms with Gasteiger partial charge in [-0.15, -0.1) is 11.8 Å². The van der Waals surface area contributed by atoms with Crippen molar-refractivity contribution < 1.29 is 4.79 Å². The van der Waals surface area contributed by atoms with Crippen molar-refractivity contribution in [3.8, 4) is 0 Å². The van der Waals surface area contributed by atoms with E-state index in [2.05, 4.69) is 6.07 Å². The molecule has 0 saturated heterocycles. The number of aldehydes is 1. The predicted octanol–water partition coefficient (Wildman–Crippen LogP) is 2.84. The maximum Gasteiger partial charge on any atom is 0.150 e. The summed E-state index contributed by atoms with van der Waals surface area (Å²) in [4.78, 5) is 11.8. The first kappa shape index (κ1) is 9.33. The van der Waals surface area contributed by atoms with Crippen molar-refractivity contribution in [1.82, 2.24) is 0 Å². The van der Waals surface area contributed by atoms with E-state index >= 15 is 0 Å². The Labute approximate surface area is 77.2 Å². The lowest BCUT2D eigenvalue weighted by Crippen LogP contribution is -1.90. The van der Waals surface area contributed by atoms with Gasteiger partial charge in [0.25, 0.3) is 0 Å². The maximum atomic E-state index is 10.6. The van der Waals surface area contributed by atoms with Crippen molar-refractivity contribution in [2.45, 2.75) is 18.7 Å². The van der Waals surface area contributed by atoms with Gasteiger partial charge in [0.05, 0.1) is 0 Å². The Morgan fingerprint density at radius 1 is 1.33 bits per heavy atom. The SMILES string of the molecule is CSc1cc(C)c(C)c(C=O)c1. The summed E-state index contributed by atoms with van der Waals surface area (Å²) in [6.45, 7) is 4.01. The second-order valence-electron chi connectivity index (χ2n) is 2.78. The van der Waals surface area contributed by atoms with E-state index in [1.54, 1.807) is 11.8 Å². The van der Waals surface area contributed by atoms with Crippen molar-refractivity contribution in [3.05, 3.63) is 28.8 Å². The minimum absolute atomic E-state index is 0.805. The summed E-state index contributed by atoms with van der Waals surface area (Å²) in [5.41, 5.74) is 3.08. The van der Waals surface area contributed by atoms with E-state index in [-0.39, 0.29) is 0 Å². The first-order chi connectivity index (χ1) is 5.69. The Kier molecular flexibility index (Phi) is 2.93. The third kappa shape index (κ3) is 1.69. The highest BCUT2D eigenvalue weighted by Gasteiger charge is 2.02. The molecule has 0 spiro atoms. The van der Waals surface area contributed by atoms with Gasteiger partial charge in [0, 0.05) is 10.5 Å². The van der Waals surface area contributed by atoms with Crippen LogP contribution in [0.4, 0.5) is 0 Å². The average molecular weight is 180 g/mol. The van der Waals surface area contributed by atoms with Gasteiger partial charge in [0.1, 0.15) is 6.29 Å². The number of hydrogen-bond donors (Lipinski definition) is 0. The number of benzene rings is 1. The van der Waals surface area contributed by atoms with E-state index in [0.29, 0.717) is 0 Å². The summed E-state index contributed by atoms with van der Waals surface area (Å²) in [5.74, 6) is 0. The van der Waals surface area contributed by atoms with Gasteiger partial charge in [0.15, 0.2) is 0 Å². The van der Waals surface area contributed by atoms with Crippen LogP contribution < -0.4 is 0 Å². The number of rotatable bonds is 2. The van der Waals surface area contributed by atoms with E-state index < -0.39 is 0 Å². The summed E-state index contributed by atoms with van der Waals surface area (Å²) < 4.78 is 0. The first-order valence-electron chi connectivity index (χ1n) is 3.79. The van der Waals surface area contributed by atoms with Crippen molar-refractivity contribution >= 4 is 18.0 Å². The molecule has 0 saturated carbocycles. The molecule has 0 amide bonds. The molecule has 12 heavy (non-hydrogen) atoms. The molecule has 0 aliphatic heterocycles. The van der Waals surface area contributed by atoms with Gasteiger partial charge >= 0.3 is 0 Å². The van der Waals surface area contributed by atoms with Gasteiger partial charge in [-0.3, -0.25) is 4.79 Å². The molecule has 0 bridgehead atoms. The molecule has 0 aliphatic carbocycles. The summed E-state index contributed by atoms with van der Waals surface area (Å²) in [7, 11) is 0. The highest BCUT2D eigenvalue weighted by molar-refractivity contribution is 7.98. The lowest BCUT2D eigenvalue weighted by Gasteiger charge is -2.05. The number of carbonyl (C=O) groups excluding carboxylic acids is 1. The minimum atomic E-state index is 0.805. The third-order valence-electron chi connectivity index (χ3n) is 2.04. The monoisotopic (exact) mass is 180 g/mol. The molecule has 1 rings (SSSR count). The van der Waals surface area contributed by atoms with Gasteiger partial charge in [-0.2, -0.15) is 0 Å². The summed E-state index contributed by atoms with van der Waals surface area (Å²) in [6, 6.07) is 4.03. The lowest BCUT2D eigenvalue weighted by molar-refractivity contribution is 0.112. The molecule has 0 N–H and O–H groups in total. The van der Waals surface area contributed by atoms with Crippen LogP contribution in [0.1, 0.15) is 21.5 Å². The zero-order valence-electron chi connectivity index (χ0n) is 7.55. The fraction of sp³-hybridized carbons (Fsp3) is 0.300. The smallest absolute Gasteiger partial charge is 0.150 e. The van der Waals surface area contributed by atoms with Gasteiger partial charge in [0.2, 0.25) is 0 Å². The molecule has 0 aliphatic rings. The normalized spacial score (nSPS) is 9.92. The molecule has 0 unspecified atom stereocenters. The zero-order chi connectivity index (χ0) is 9.14. The largest absolute Gasteiger partial charge is 0.298 e. The van der Waals surface area contributed by atoms with E-state index in [0.717, 1.165) is 22.3 Å². The Bertz CT molecular complexity index is 305. The van der Waals surface area contributed by atoms with Crippen molar-refractivity contribution in [1.29, 1.82) is 0 Å². The van der Waals surface area contributed by atoms with Crippen LogP contribution in [-0.2, 0) is 0 Å². The lowest BCUT2D eigenvalue weighted by atomic mass is 10.0. The van der Waals surface area contributed by atoms with Crippen molar-refractivity contribution in [2.75, 3.05) is 6.26 Å². The van der Waals surface area contributed by atoms with E-state index in [1.807, 2.05) is 26.2 Å². The standard InChI is InChI=1S/C10H12OS/c1-7-4-10(12-3)5-9(6-11)8(7)2/h4-6H,1-3H3. The van der Waals surface area contributed by atoms with Crippen LogP contribution in [0.3, 0.4) is 0 Å². The van der Waals surface area contributed by atoms with E-state index in [9.17, 15) is 4.79 Å². The van der Waals surface area contributed by atoms with Gasteiger partial charge in [-0.05, 0) is 43.4 Å². The van der Waals surface area contributed by atoms with Crippen LogP contribution in [0, 0.1) is 13.8 Å². The second-order valence-corrected chi connectivity index (χ2v) is 3.66. The van der Waals surface area contributed by atoms with Gasteiger partial charge in [-0.1, -0.05) is 0 Å². The zero-order valence-corrected chi connectivity index (χ0v) is 8.37. The summed E-state index contributed by atoms with van der Waals surface area (Å²) >= 11 is 1.66. The molecule has 0 atom stereocenters. The van der Waals surface area contributed by atoms with Crippen molar-refractivity contribution in [3.63, 3.8) is 0 Å². The topological polar surface area (TPSA) is 17.1 Å². The van der Waals surface area contributed by atoms with E-state index in [1.165, 1.54) is 5.56 Å². The summed E-state index contributed by atoms with van der Waals surface area (Å²) in [6.07, 6.45) is 2.93. The number of hydrogen-bond acceptors (Lipinski definition) is 2. The summed E-state index contributed by atoms with van der Waals surface area (Å²) in [5, 5.41) is 0. The Morgan fingerprint density at radius 2 is 2.00 bits per heavy atom. The average Bonchev–Trinajstić information content (AvgIpc) is 2.09. The molecule has 0 aromatic heterocycles. The predicted molar refractivity (Wildman–Crippen MR) is 53.1 cm³/mol. The molecular weight excluding hydrogens is 168 g/mol. The Morgan fingerprint density at radius 3 is 2.50 bits per heavy atom. The maximum absolute atomic E-state index is 10.6. The molecular formula is C10H12OS. The molecule has 64 valence electrons. The van der Waals surface area contributed by atoms with E-state index in [4.69, 9.17) is 0 Å². The van der Waals surface area contributed by atoms with Gasteiger partial charge < -0.3 is 0 Å². The molecule has 1 nitrogen and oxygen atoms in total. The molecule has 1 aromatic rings. The molecule has 0 radical (unpaired) electrons. The van der Waals surface area contributed by atoms with Crippen LogP contribution in [0.5, 0.6) is 0 Å². The van der Waals surface area contributed by atoms with Crippen LogP contribution >= 0.6 is 11.8 Å². The van der Waals surface area contributed by atoms with Crippen LogP contribution in [0.15, 0.2) is 17.0 Å². The highest BCUT2D eigenvalue weighted by atomic mass is 32.2. The fourth-order valence-electron chi connectivity index (χ4n) is 1.09. The van der Waals surface area contributed by atoms with Crippen molar-refractivity contribution in [2.24, 2.45) is 0 Å². The third-order valence-corrected chi connectivity index (χ3v) is 2.75. The molecule has 0 fully saturated rings. The fourth-order valence-corrected chi connectivity index (χ4v) is 1.63. The molecule has 1 aromatic carbocycles. The molecule has 2 heteroatoms. The Hall–Kier alpha value is -0.760. The minimum Gasteiger partial charge on any atom is -0.298 e. The highest BCUT2D eigenvalue weighted by Crippen LogP contribution is 2.21. The Balaban J connectivity index is 3.28.